The summed E-state index contributed by atoms with van der Waals surface area (Å²) in [6.07, 6.45) is 1.43. The lowest BCUT2D eigenvalue weighted by molar-refractivity contribution is -0.136. The molecule has 1 atom stereocenters. The molecular weight excluding hydrogens is 246 g/mol. The second-order valence-corrected chi connectivity index (χ2v) is 4.76. The lowest BCUT2D eigenvalue weighted by atomic mass is 10.1. The van der Waals surface area contributed by atoms with E-state index in [4.69, 9.17) is 9.84 Å². The minimum atomic E-state index is -0.892. The predicted molar refractivity (Wildman–Crippen MR) is 69.0 cm³/mol. The van der Waals surface area contributed by atoms with E-state index in [9.17, 15) is 9.59 Å². The maximum Gasteiger partial charge on any atom is 0.307 e. The van der Waals surface area contributed by atoms with Crippen molar-refractivity contribution in [3.8, 4) is 5.75 Å². The number of hydrogen-bond donors (Lipinski definition) is 2. The fourth-order valence-corrected chi connectivity index (χ4v) is 1.71. The molecule has 2 rings (SSSR count). The van der Waals surface area contributed by atoms with Gasteiger partial charge < -0.3 is 15.2 Å². The molecule has 1 unspecified atom stereocenters. The first-order valence-corrected chi connectivity index (χ1v) is 6.32. The van der Waals surface area contributed by atoms with Crippen LogP contribution in [0.4, 0.5) is 0 Å². The summed E-state index contributed by atoms with van der Waals surface area (Å²) in [5.74, 6) is -0.514. The summed E-state index contributed by atoms with van der Waals surface area (Å²) in [5, 5.41) is 11.6. The number of hydrogen-bond acceptors (Lipinski definition) is 3. The molecule has 1 aromatic rings. The highest BCUT2D eigenvalue weighted by molar-refractivity contribution is 5.81. The molecule has 5 heteroatoms. The van der Waals surface area contributed by atoms with Crippen molar-refractivity contribution < 1.29 is 19.4 Å². The summed E-state index contributed by atoms with van der Waals surface area (Å²) < 4.78 is 5.52. The molecular formula is C14H17NO4. The van der Waals surface area contributed by atoms with Crippen LogP contribution in [0.15, 0.2) is 24.3 Å². The third-order valence-electron chi connectivity index (χ3n) is 2.86. The smallest absolute Gasteiger partial charge is 0.307 e. The highest BCUT2D eigenvalue weighted by atomic mass is 16.5. The van der Waals surface area contributed by atoms with Crippen LogP contribution in [-0.2, 0) is 16.0 Å². The molecule has 2 N–H and O–H groups in total. The van der Waals surface area contributed by atoms with E-state index in [0.717, 1.165) is 12.8 Å². The summed E-state index contributed by atoms with van der Waals surface area (Å²) in [6, 6.07) is 7.10. The van der Waals surface area contributed by atoms with Gasteiger partial charge in [0, 0.05) is 6.04 Å². The first-order valence-electron chi connectivity index (χ1n) is 6.32. The molecule has 0 bridgehead atoms. The summed E-state index contributed by atoms with van der Waals surface area (Å²) >= 11 is 0. The van der Waals surface area contributed by atoms with Crippen LogP contribution in [0.2, 0.25) is 0 Å². The Hall–Kier alpha value is -2.04. The number of aliphatic carboxylic acids is 1. The summed E-state index contributed by atoms with van der Waals surface area (Å²) in [7, 11) is 0. The third kappa shape index (κ3) is 4.28. The minimum Gasteiger partial charge on any atom is -0.481 e. The van der Waals surface area contributed by atoms with E-state index in [2.05, 4.69) is 5.32 Å². The number of rotatable bonds is 6. The van der Waals surface area contributed by atoms with Gasteiger partial charge in [0.25, 0.3) is 5.91 Å². The predicted octanol–water partition coefficient (Wildman–Crippen LogP) is 1.36. The van der Waals surface area contributed by atoms with Crippen LogP contribution in [-0.4, -0.2) is 29.1 Å². The van der Waals surface area contributed by atoms with Gasteiger partial charge in [-0.3, -0.25) is 9.59 Å². The van der Waals surface area contributed by atoms with E-state index in [1.54, 1.807) is 31.2 Å². The fourth-order valence-electron chi connectivity index (χ4n) is 1.71. The zero-order valence-electron chi connectivity index (χ0n) is 10.8. The average molecular weight is 263 g/mol. The molecule has 0 saturated heterocycles. The normalized spacial score (nSPS) is 15.6. The average Bonchev–Trinajstić information content (AvgIpc) is 3.12. The molecule has 0 aliphatic heterocycles. The Morgan fingerprint density at radius 2 is 2.21 bits per heavy atom. The molecule has 102 valence electrons. The zero-order valence-corrected chi connectivity index (χ0v) is 10.8. The molecule has 0 radical (unpaired) electrons. The number of nitrogens with one attached hydrogen (secondary N) is 1. The highest BCUT2D eigenvalue weighted by Crippen LogP contribution is 2.20. The molecule has 19 heavy (non-hydrogen) atoms. The van der Waals surface area contributed by atoms with Gasteiger partial charge in [-0.1, -0.05) is 12.1 Å². The van der Waals surface area contributed by atoms with Gasteiger partial charge in [-0.25, -0.2) is 0 Å². The van der Waals surface area contributed by atoms with E-state index in [-0.39, 0.29) is 12.3 Å². The first-order chi connectivity index (χ1) is 9.04. The van der Waals surface area contributed by atoms with Crippen molar-refractivity contribution in [2.45, 2.75) is 38.3 Å². The molecule has 1 amide bonds. The standard InChI is InChI=1S/C14H17NO4/c1-9(14(18)15-11-5-6-11)19-12-4-2-3-10(7-12)8-13(16)17/h2-4,7,9,11H,5-6,8H2,1H3,(H,15,18)(H,16,17). The Labute approximate surface area is 111 Å². The van der Waals surface area contributed by atoms with Gasteiger partial charge in [-0.05, 0) is 37.5 Å². The Balaban J connectivity index is 1.93. The molecule has 0 spiro atoms. The number of amides is 1. The van der Waals surface area contributed by atoms with Crippen molar-refractivity contribution in [3.63, 3.8) is 0 Å². The van der Waals surface area contributed by atoms with Crippen LogP contribution in [0.25, 0.3) is 0 Å². The van der Waals surface area contributed by atoms with E-state index in [1.165, 1.54) is 0 Å². The van der Waals surface area contributed by atoms with Gasteiger partial charge >= 0.3 is 5.97 Å². The van der Waals surface area contributed by atoms with E-state index >= 15 is 0 Å². The van der Waals surface area contributed by atoms with Gasteiger partial charge in [0.05, 0.1) is 6.42 Å². The van der Waals surface area contributed by atoms with E-state index in [1.807, 2.05) is 0 Å². The highest BCUT2D eigenvalue weighted by Gasteiger charge is 2.26. The number of carbonyl (C=O) groups is 2. The zero-order chi connectivity index (χ0) is 13.8. The molecule has 5 nitrogen and oxygen atoms in total. The van der Waals surface area contributed by atoms with E-state index < -0.39 is 12.1 Å². The lowest BCUT2D eigenvalue weighted by Crippen LogP contribution is -2.37. The van der Waals surface area contributed by atoms with Crippen LogP contribution in [0.5, 0.6) is 5.75 Å². The summed E-state index contributed by atoms with van der Waals surface area (Å²) in [4.78, 5) is 22.4. The van der Waals surface area contributed by atoms with Crippen molar-refractivity contribution in [3.05, 3.63) is 29.8 Å². The van der Waals surface area contributed by atoms with Gasteiger partial charge in [-0.15, -0.1) is 0 Å². The second-order valence-electron chi connectivity index (χ2n) is 4.76. The number of ether oxygens (including phenoxy) is 1. The minimum absolute atomic E-state index is 0.0557. The Morgan fingerprint density at radius 3 is 2.84 bits per heavy atom. The van der Waals surface area contributed by atoms with Crippen LogP contribution < -0.4 is 10.1 Å². The van der Waals surface area contributed by atoms with Crippen molar-refractivity contribution in [1.29, 1.82) is 0 Å². The van der Waals surface area contributed by atoms with E-state index in [0.29, 0.717) is 17.4 Å². The topological polar surface area (TPSA) is 75.6 Å². The SMILES string of the molecule is CC(Oc1cccc(CC(=O)O)c1)C(=O)NC1CC1. The van der Waals surface area contributed by atoms with Gasteiger partial charge in [-0.2, -0.15) is 0 Å². The monoisotopic (exact) mass is 263 g/mol. The molecule has 1 aromatic carbocycles. The molecule has 1 fully saturated rings. The first kappa shape index (κ1) is 13.4. The van der Waals surface area contributed by atoms with Crippen LogP contribution >= 0.6 is 0 Å². The van der Waals surface area contributed by atoms with Gasteiger partial charge in [0.15, 0.2) is 6.10 Å². The molecule has 0 heterocycles. The summed E-state index contributed by atoms with van der Waals surface area (Å²) in [6.45, 7) is 1.68. The van der Waals surface area contributed by atoms with Crippen molar-refractivity contribution >= 4 is 11.9 Å². The van der Waals surface area contributed by atoms with Gasteiger partial charge in [0.2, 0.25) is 0 Å². The number of carboxylic acid groups (broad SMARTS) is 1. The molecule has 0 aromatic heterocycles. The number of carbonyl (C=O) groups excluding carboxylic acids is 1. The molecule has 1 aliphatic rings. The maximum atomic E-state index is 11.7. The Bertz CT molecular complexity index is 482. The quantitative estimate of drug-likeness (QED) is 0.812. The second kappa shape index (κ2) is 5.73. The maximum absolute atomic E-state index is 11.7. The van der Waals surface area contributed by atoms with Crippen molar-refractivity contribution in [1.82, 2.24) is 5.32 Å². The fraction of sp³-hybridized carbons (Fsp3) is 0.429. The molecule has 1 aliphatic carbocycles. The Morgan fingerprint density at radius 1 is 1.47 bits per heavy atom. The Kier molecular flexibility index (Phi) is 4.04. The molecule has 1 saturated carbocycles. The largest absolute Gasteiger partial charge is 0.481 e. The van der Waals surface area contributed by atoms with Crippen LogP contribution in [0.3, 0.4) is 0 Å². The van der Waals surface area contributed by atoms with Gasteiger partial charge in [0.1, 0.15) is 5.75 Å². The number of carboxylic acids is 1. The van der Waals surface area contributed by atoms with Crippen LogP contribution in [0.1, 0.15) is 25.3 Å². The van der Waals surface area contributed by atoms with Crippen LogP contribution in [0, 0.1) is 0 Å². The number of benzene rings is 1. The van der Waals surface area contributed by atoms with Crippen molar-refractivity contribution in [2.75, 3.05) is 0 Å². The summed E-state index contributed by atoms with van der Waals surface area (Å²) in [5.41, 5.74) is 0.653. The lowest BCUT2D eigenvalue weighted by Gasteiger charge is -2.14. The third-order valence-corrected chi connectivity index (χ3v) is 2.86. The van der Waals surface area contributed by atoms with Crippen molar-refractivity contribution in [2.24, 2.45) is 0 Å².